The van der Waals surface area contributed by atoms with Crippen LogP contribution in [0.25, 0.3) is 0 Å². The summed E-state index contributed by atoms with van der Waals surface area (Å²) in [5.74, 6) is 0.300. The van der Waals surface area contributed by atoms with Crippen molar-refractivity contribution in [1.29, 1.82) is 0 Å². The number of alkyl halides is 1. The van der Waals surface area contributed by atoms with Gasteiger partial charge in [-0.2, -0.15) is 0 Å². The minimum Gasteiger partial charge on any atom is -0.352 e. The average molecular weight is 245 g/mol. The summed E-state index contributed by atoms with van der Waals surface area (Å²) in [5.41, 5.74) is 0.508. The number of nitrogens with zero attached hydrogens (tertiary/aromatic N) is 2. The lowest BCUT2D eigenvalue weighted by atomic mass is 10.2. The predicted molar refractivity (Wildman–Crippen MR) is 66.5 cm³/mol. The van der Waals surface area contributed by atoms with Gasteiger partial charge in [0.2, 0.25) is 0 Å². The predicted octanol–water partition coefficient (Wildman–Crippen LogP) is 3.58. The van der Waals surface area contributed by atoms with E-state index in [4.69, 9.17) is 11.6 Å². The highest BCUT2D eigenvalue weighted by Gasteiger charge is 2.18. The van der Waals surface area contributed by atoms with Gasteiger partial charge in [-0.05, 0) is 26.3 Å². The van der Waals surface area contributed by atoms with E-state index in [0.717, 1.165) is 13.0 Å². The molecule has 0 bridgehead atoms. The number of pyridine rings is 1. The minimum absolute atomic E-state index is 0.180. The molecular formula is C12H18ClFN2. The van der Waals surface area contributed by atoms with Gasteiger partial charge >= 0.3 is 0 Å². The Morgan fingerprint density at radius 1 is 1.50 bits per heavy atom. The monoisotopic (exact) mass is 244 g/mol. The van der Waals surface area contributed by atoms with E-state index in [9.17, 15) is 4.39 Å². The van der Waals surface area contributed by atoms with Crippen molar-refractivity contribution in [1.82, 2.24) is 4.98 Å². The van der Waals surface area contributed by atoms with Gasteiger partial charge in [-0.1, -0.05) is 6.92 Å². The molecule has 0 aromatic carbocycles. The van der Waals surface area contributed by atoms with Crippen molar-refractivity contribution < 1.29 is 4.39 Å². The van der Waals surface area contributed by atoms with Gasteiger partial charge in [-0.15, -0.1) is 11.6 Å². The third kappa shape index (κ3) is 2.64. The largest absolute Gasteiger partial charge is 0.352 e. The van der Waals surface area contributed by atoms with Crippen LogP contribution < -0.4 is 4.90 Å². The molecular weight excluding hydrogens is 227 g/mol. The molecule has 0 amide bonds. The first-order valence-electron chi connectivity index (χ1n) is 5.61. The molecule has 4 heteroatoms. The molecule has 1 heterocycles. The number of hydrogen-bond acceptors (Lipinski definition) is 2. The molecule has 16 heavy (non-hydrogen) atoms. The van der Waals surface area contributed by atoms with Gasteiger partial charge in [0.05, 0.1) is 5.88 Å². The van der Waals surface area contributed by atoms with Crippen molar-refractivity contribution in [3.63, 3.8) is 0 Å². The quantitative estimate of drug-likeness (QED) is 0.736. The Labute approximate surface area is 101 Å². The Balaban J connectivity index is 3.10. The van der Waals surface area contributed by atoms with Gasteiger partial charge in [0.1, 0.15) is 0 Å². The first kappa shape index (κ1) is 13.2. The Kier molecular flexibility index (Phi) is 5.00. The summed E-state index contributed by atoms with van der Waals surface area (Å²) in [4.78, 5) is 6.08. The smallest absolute Gasteiger partial charge is 0.170 e. The lowest BCUT2D eigenvalue weighted by molar-refractivity contribution is 0.568. The van der Waals surface area contributed by atoms with Crippen LogP contribution in [0.1, 0.15) is 32.8 Å². The topological polar surface area (TPSA) is 16.1 Å². The van der Waals surface area contributed by atoms with E-state index in [1.54, 1.807) is 12.3 Å². The van der Waals surface area contributed by atoms with Crippen LogP contribution in [0.15, 0.2) is 12.3 Å². The maximum absolute atomic E-state index is 14.0. The Morgan fingerprint density at radius 2 is 2.19 bits per heavy atom. The minimum atomic E-state index is -0.292. The fourth-order valence-corrected chi connectivity index (χ4v) is 1.87. The lowest BCUT2D eigenvalue weighted by Gasteiger charge is -2.28. The number of rotatable bonds is 5. The summed E-state index contributed by atoms with van der Waals surface area (Å²) >= 11 is 5.68. The molecule has 2 nitrogen and oxygen atoms in total. The second-order valence-corrected chi connectivity index (χ2v) is 4.05. The molecule has 1 aromatic heterocycles. The van der Waals surface area contributed by atoms with Gasteiger partial charge in [-0.25, -0.2) is 9.37 Å². The summed E-state index contributed by atoms with van der Waals surface area (Å²) in [5, 5.41) is 0. The molecule has 0 spiro atoms. The summed E-state index contributed by atoms with van der Waals surface area (Å²) in [6.45, 7) is 6.89. The average Bonchev–Trinajstić information content (AvgIpc) is 2.31. The van der Waals surface area contributed by atoms with Gasteiger partial charge in [-0.3, -0.25) is 0 Å². The number of halogens is 2. The van der Waals surface area contributed by atoms with E-state index in [0.29, 0.717) is 11.4 Å². The fourth-order valence-electron chi connectivity index (χ4n) is 1.67. The summed E-state index contributed by atoms with van der Waals surface area (Å²) in [6.07, 6.45) is 2.57. The molecule has 0 aliphatic heterocycles. The van der Waals surface area contributed by atoms with E-state index in [-0.39, 0.29) is 17.7 Å². The normalized spacial score (nSPS) is 12.6. The molecule has 0 radical (unpaired) electrons. The zero-order valence-electron chi connectivity index (χ0n) is 10.0. The molecule has 1 aromatic rings. The van der Waals surface area contributed by atoms with E-state index >= 15 is 0 Å². The van der Waals surface area contributed by atoms with Crippen LogP contribution in [0.3, 0.4) is 0 Å². The highest BCUT2D eigenvalue weighted by Crippen LogP contribution is 2.23. The molecule has 1 atom stereocenters. The van der Waals surface area contributed by atoms with Crippen LogP contribution in [0, 0.1) is 5.82 Å². The van der Waals surface area contributed by atoms with Crippen molar-refractivity contribution in [2.45, 2.75) is 39.1 Å². The van der Waals surface area contributed by atoms with Gasteiger partial charge < -0.3 is 4.90 Å². The van der Waals surface area contributed by atoms with E-state index in [1.165, 1.54) is 0 Å². The molecule has 1 unspecified atom stereocenters. The maximum atomic E-state index is 14.0. The lowest BCUT2D eigenvalue weighted by Crippen LogP contribution is -2.34. The van der Waals surface area contributed by atoms with Crippen LogP contribution in [-0.2, 0) is 5.88 Å². The highest BCUT2D eigenvalue weighted by molar-refractivity contribution is 6.17. The van der Waals surface area contributed by atoms with Crippen molar-refractivity contribution in [2.75, 3.05) is 11.4 Å². The molecule has 90 valence electrons. The highest BCUT2D eigenvalue weighted by atomic mass is 35.5. The summed E-state index contributed by atoms with van der Waals surface area (Å²) < 4.78 is 14.0. The molecule has 1 rings (SSSR count). The maximum Gasteiger partial charge on any atom is 0.170 e. The first-order chi connectivity index (χ1) is 7.65. The first-order valence-corrected chi connectivity index (χ1v) is 6.15. The molecule has 0 saturated carbocycles. The van der Waals surface area contributed by atoms with Crippen LogP contribution in [0.4, 0.5) is 10.2 Å². The molecule has 0 saturated heterocycles. The van der Waals surface area contributed by atoms with Gasteiger partial charge in [0.15, 0.2) is 11.6 Å². The number of anilines is 1. The molecule has 0 aliphatic rings. The second kappa shape index (κ2) is 6.04. The summed E-state index contributed by atoms with van der Waals surface area (Å²) in [7, 11) is 0. The molecule has 0 N–H and O–H groups in total. The van der Waals surface area contributed by atoms with Crippen molar-refractivity contribution >= 4 is 17.4 Å². The molecule has 0 fully saturated rings. The van der Waals surface area contributed by atoms with Crippen molar-refractivity contribution in [3.8, 4) is 0 Å². The fraction of sp³-hybridized carbons (Fsp3) is 0.583. The number of aromatic nitrogens is 1. The zero-order valence-corrected chi connectivity index (χ0v) is 10.8. The Bertz CT molecular complexity index is 344. The van der Waals surface area contributed by atoms with E-state index in [2.05, 4.69) is 18.8 Å². The number of hydrogen-bond donors (Lipinski definition) is 0. The zero-order chi connectivity index (χ0) is 12.1. The van der Waals surface area contributed by atoms with Crippen LogP contribution >= 0.6 is 11.6 Å². The van der Waals surface area contributed by atoms with Crippen LogP contribution in [0.2, 0.25) is 0 Å². The van der Waals surface area contributed by atoms with Crippen molar-refractivity contribution in [3.05, 3.63) is 23.6 Å². The van der Waals surface area contributed by atoms with Crippen molar-refractivity contribution in [2.24, 2.45) is 0 Å². The van der Waals surface area contributed by atoms with E-state index in [1.807, 2.05) is 11.8 Å². The Hall–Kier alpha value is -0.830. The third-order valence-electron chi connectivity index (χ3n) is 2.83. The second-order valence-electron chi connectivity index (χ2n) is 3.78. The summed E-state index contributed by atoms with van der Waals surface area (Å²) in [6, 6.07) is 1.90. The third-order valence-corrected chi connectivity index (χ3v) is 3.12. The molecule has 0 aliphatic carbocycles. The van der Waals surface area contributed by atoms with E-state index < -0.39 is 0 Å². The van der Waals surface area contributed by atoms with Gasteiger partial charge in [0, 0.05) is 24.3 Å². The van der Waals surface area contributed by atoms with Crippen LogP contribution in [-0.4, -0.2) is 17.6 Å². The van der Waals surface area contributed by atoms with Crippen LogP contribution in [0.5, 0.6) is 0 Å². The SMILES string of the molecule is CCC(C)N(CC)c1nccc(CCl)c1F. The standard InChI is InChI=1S/C12H18ClFN2/c1-4-9(3)16(5-2)12-11(14)10(8-13)6-7-15-12/h6-7,9H,4-5,8H2,1-3H3. The van der Waals surface area contributed by atoms with Gasteiger partial charge in [0.25, 0.3) is 0 Å². The Morgan fingerprint density at radius 3 is 2.69 bits per heavy atom.